The molecular formula is C10H19N3OS. The maximum absolute atomic E-state index is 8.64. The van der Waals surface area contributed by atoms with Crippen molar-refractivity contribution >= 4 is 16.5 Å². The molecular weight excluding hydrogens is 210 g/mol. The zero-order valence-electron chi connectivity index (χ0n) is 9.58. The lowest BCUT2D eigenvalue weighted by atomic mass is 10.4. The van der Waals surface area contributed by atoms with Crippen molar-refractivity contribution in [3.8, 4) is 0 Å². The summed E-state index contributed by atoms with van der Waals surface area (Å²) >= 11 is 1.72. The van der Waals surface area contributed by atoms with E-state index in [-0.39, 0.29) is 6.61 Å². The molecule has 0 atom stereocenters. The zero-order valence-corrected chi connectivity index (χ0v) is 10.4. The van der Waals surface area contributed by atoms with E-state index in [4.69, 9.17) is 5.11 Å². The first-order chi connectivity index (χ1) is 7.15. The Kier molecular flexibility index (Phi) is 5.01. The van der Waals surface area contributed by atoms with Crippen LogP contribution in [0.5, 0.6) is 0 Å². The van der Waals surface area contributed by atoms with E-state index in [0.717, 1.165) is 30.3 Å². The van der Waals surface area contributed by atoms with Crippen LogP contribution in [0.25, 0.3) is 0 Å². The van der Waals surface area contributed by atoms with E-state index in [1.807, 2.05) is 25.9 Å². The van der Waals surface area contributed by atoms with Crippen LogP contribution >= 0.6 is 11.3 Å². The summed E-state index contributed by atoms with van der Waals surface area (Å²) in [6.07, 6.45) is 0.804. The molecule has 0 spiro atoms. The van der Waals surface area contributed by atoms with Crippen molar-refractivity contribution in [3.63, 3.8) is 0 Å². The Morgan fingerprint density at radius 2 is 2.20 bits per heavy atom. The second-order valence-corrected chi connectivity index (χ2v) is 4.72. The predicted octanol–water partition coefficient (Wildman–Crippen LogP) is 0.990. The van der Waals surface area contributed by atoms with Crippen LogP contribution in [0.2, 0.25) is 0 Å². The number of aliphatic hydroxyl groups excluding tert-OH is 1. The molecule has 2 N–H and O–H groups in total. The Bertz CT molecular complexity index is 299. The van der Waals surface area contributed by atoms with Crippen molar-refractivity contribution in [2.75, 3.05) is 32.1 Å². The Morgan fingerprint density at radius 1 is 1.47 bits per heavy atom. The fourth-order valence-corrected chi connectivity index (χ4v) is 2.13. The highest BCUT2D eigenvalue weighted by Crippen LogP contribution is 2.24. The molecule has 0 amide bonds. The summed E-state index contributed by atoms with van der Waals surface area (Å²) in [5.41, 5.74) is 1.10. The van der Waals surface area contributed by atoms with Crippen LogP contribution in [0.1, 0.15) is 17.0 Å². The minimum atomic E-state index is 0.248. The quantitative estimate of drug-likeness (QED) is 0.714. The smallest absolute Gasteiger partial charge is 0.185 e. The van der Waals surface area contributed by atoms with E-state index in [1.54, 1.807) is 11.3 Å². The minimum Gasteiger partial charge on any atom is -0.396 e. The maximum atomic E-state index is 8.64. The van der Waals surface area contributed by atoms with Crippen molar-refractivity contribution < 1.29 is 5.11 Å². The molecule has 0 unspecified atom stereocenters. The van der Waals surface area contributed by atoms with Crippen molar-refractivity contribution in [2.45, 2.75) is 19.9 Å². The third-order valence-electron chi connectivity index (χ3n) is 2.06. The van der Waals surface area contributed by atoms with Gasteiger partial charge in [-0.1, -0.05) is 0 Å². The van der Waals surface area contributed by atoms with Gasteiger partial charge < -0.3 is 15.3 Å². The number of thiazole rings is 1. The van der Waals surface area contributed by atoms with Gasteiger partial charge >= 0.3 is 0 Å². The van der Waals surface area contributed by atoms with E-state index in [0.29, 0.717) is 0 Å². The molecule has 4 nitrogen and oxygen atoms in total. The first-order valence-corrected chi connectivity index (χ1v) is 5.92. The van der Waals surface area contributed by atoms with Crippen molar-refractivity contribution in [1.29, 1.82) is 0 Å². The van der Waals surface area contributed by atoms with Crippen LogP contribution in [0, 0.1) is 6.92 Å². The topological polar surface area (TPSA) is 48.4 Å². The molecule has 1 rings (SSSR count). The van der Waals surface area contributed by atoms with Crippen LogP contribution in [0.4, 0.5) is 5.13 Å². The number of nitrogens with zero attached hydrogens (tertiary/aromatic N) is 2. The molecule has 0 aromatic carbocycles. The van der Waals surface area contributed by atoms with Gasteiger partial charge in [-0.3, -0.25) is 0 Å². The molecule has 1 aromatic rings. The van der Waals surface area contributed by atoms with Gasteiger partial charge in [0.05, 0.1) is 5.69 Å². The van der Waals surface area contributed by atoms with Crippen molar-refractivity contribution in [2.24, 2.45) is 0 Å². The zero-order chi connectivity index (χ0) is 11.3. The molecule has 0 saturated carbocycles. The normalized spacial score (nSPS) is 10.7. The number of aromatic nitrogens is 1. The van der Waals surface area contributed by atoms with E-state index in [2.05, 4.69) is 10.3 Å². The maximum Gasteiger partial charge on any atom is 0.185 e. The first kappa shape index (κ1) is 12.4. The average molecular weight is 229 g/mol. The van der Waals surface area contributed by atoms with Gasteiger partial charge in [0.2, 0.25) is 0 Å². The van der Waals surface area contributed by atoms with Crippen LogP contribution in [-0.2, 0) is 6.54 Å². The third kappa shape index (κ3) is 3.77. The summed E-state index contributed by atoms with van der Waals surface area (Å²) in [5, 5.41) is 13.0. The van der Waals surface area contributed by atoms with Crippen LogP contribution in [0.15, 0.2) is 0 Å². The second kappa shape index (κ2) is 6.05. The highest BCUT2D eigenvalue weighted by Gasteiger charge is 2.07. The fraction of sp³-hybridized carbons (Fsp3) is 0.700. The number of rotatable bonds is 6. The Labute approximate surface area is 94.9 Å². The molecule has 86 valence electrons. The fourth-order valence-electron chi connectivity index (χ4n) is 1.17. The highest BCUT2D eigenvalue weighted by molar-refractivity contribution is 7.15. The van der Waals surface area contributed by atoms with Gasteiger partial charge in [0.1, 0.15) is 0 Å². The lowest BCUT2D eigenvalue weighted by Crippen LogP contribution is -2.15. The van der Waals surface area contributed by atoms with Crippen LogP contribution < -0.4 is 10.2 Å². The van der Waals surface area contributed by atoms with E-state index < -0.39 is 0 Å². The third-order valence-corrected chi connectivity index (χ3v) is 3.39. The Balaban J connectivity index is 2.46. The van der Waals surface area contributed by atoms with Gasteiger partial charge in [0, 0.05) is 32.1 Å². The summed E-state index contributed by atoms with van der Waals surface area (Å²) < 4.78 is 0. The van der Waals surface area contributed by atoms with Crippen LogP contribution in [-0.4, -0.2) is 37.3 Å². The summed E-state index contributed by atoms with van der Waals surface area (Å²) in [7, 11) is 4.00. The largest absolute Gasteiger partial charge is 0.396 e. The number of nitrogens with one attached hydrogen (secondary N) is 1. The summed E-state index contributed by atoms with van der Waals surface area (Å²) in [4.78, 5) is 7.76. The Morgan fingerprint density at radius 3 is 2.73 bits per heavy atom. The van der Waals surface area contributed by atoms with E-state index >= 15 is 0 Å². The number of aryl methyl sites for hydroxylation is 1. The number of hydrogen-bond acceptors (Lipinski definition) is 5. The van der Waals surface area contributed by atoms with Crippen molar-refractivity contribution in [1.82, 2.24) is 10.3 Å². The summed E-state index contributed by atoms with van der Waals surface area (Å²) in [5.74, 6) is 0. The van der Waals surface area contributed by atoms with Gasteiger partial charge in [-0.15, -0.1) is 11.3 Å². The second-order valence-electron chi connectivity index (χ2n) is 3.65. The van der Waals surface area contributed by atoms with Gasteiger partial charge in [-0.25, -0.2) is 4.98 Å². The molecule has 15 heavy (non-hydrogen) atoms. The van der Waals surface area contributed by atoms with Gasteiger partial charge in [0.15, 0.2) is 5.13 Å². The van der Waals surface area contributed by atoms with Gasteiger partial charge in [-0.2, -0.15) is 0 Å². The summed E-state index contributed by atoms with van der Waals surface area (Å²) in [6, 6.07) is 0. The Hall–Kier alpha value is -0.650. The molecule has 0 saturated heterocycles. The average Bonchev–Trinajstić information content (AvgIpc) is 2.55. The van der Waals surface area contributed by atoms with Gasteiger partial charge in [0.25, 0.3) is 0 Å². The lowest BCUT2D eigenvalue weighted by Gasteiger charge is -2.05. The standard InChI is InChI=1S/C10H19N3OS/c1-8-9(7-11-5-4-6-14)15-10(12-8)13(2)3/h11,14H,4-7H2,1-3H3. The monoisotopic (exact) mass is 229 g/mol. The molecule has 5 heteroatoms. The number of hydrogen-bond donors (Lipinski definition) is 2. The summed E-state index contributed by atoms with van der Waals surface area (Å²) in [6.45, 7) is 3.98. The predicted molar refractivity (Wildman–Crippen MR) is 64.6 cm³/mol. The van der Waals surface area contributed by atoms with E-state index in [9.17, 15) is 0 Å². The number of anilines is 1. The SMILES string of the molecule is Cc1nc(N(C)C)sc1CNCCCO. The molecule has 1 aromatic heterocycles. The first-order valence-electron chi connectivity index (χ1n) is 5.10. The van der Waals surface area contributed by atoms with Crippen LogP contribution in [0.3, 0.4) is 0 Å². The highest BCUT2D eigenvalue weighted by atomic mass is 32.1. The number of aliphatic hydroxyl groups is 1. The molecule has 0 radical (unpaired) electrons. The molecule has 0 aliphatic heterocycles. The lowest BCUT2D eigenvalue weighted by molar-refractivity contribution is 0.286. The minimum absolute atomic E-state index is 0.248. The molecule has 1 heterocycles. The van der Waals surface area contributed by atoms with Gasteiger partial charge in [-0.05, 0) is 19.9 Å². The molecule has 0 aliphatic carbocycles. The molecule has 0 fully saturated rings. The van der Waals surface area contributed by atoms with Crippen molar-refractivity contribution in [3.05, 3.63) is 10.6 Å². The molecule has 0 aliphatic rings. The molecule has 0 bridgehead atoms. The van der Waals surface area contributed by atoms with E-state index in [1.165, 1.54) is 4.88 Å².